The Labute approximate surface area is 172 Å². The fraction of sp³-hybridized carbons (Fsp3) is 0.333. The van der Waals surface area contributed by atoms with Gasteiger partial charge in [-0.1, -0.05) is 18.2 Å². The van der Waals surface area contributed by atoms with Crippen molar-refractivity contribution in [2.45, 2.75) is 25.6 Å². The van der Waals surface area contributed by atoms with Crippen molar-refractivity contribution in [3.63, 3.8) is 0 Å². The molecule has 162 valence electrons. The summed E-state index contributed by atoms with van der Waals surface area (Å²) in [6, 6.07) is 10.7. The second-order valence-electron chi connectivity index (χ2n) is 6.34. The summed E-state index contributed by atoms with van der Waals surface area (Å²) >= 11 is 0. The fourth-order valence-corrected chi connectivity index (χ4v) is 2.73. The van der Waals surface area contributed by atoms with Crippen LogP contribution in [-0.4, -0.2) is 32.1 Å². The van der Waals surface area contributed by atoms with Crippen molar-refractivity contribution >= 4 is 17.6 Å². The van der Waals surface area contributed by atoms with E-state index in [9.17, 15) is 22.8 Å². The quantitative estimate of drug-likeness (QED) is 0.597. The molecule has 0 aromatic heterocycles. The van der Waals surface area contributed by atoms with Gasteiger partial charge in [0.1, 0.15) is 5.75 Å². The minimum Gasteiger partial charge on any atom is -0.497 e. The van der Waals surface area contributed by atoms with Crippen LogP contribution in [0, 0.1) is 0 Å². The van der Waals surface area contributed by atoms with E-state index in [1.54, 1.807) is 31.2 Å². The van der Waals surface area contributed by atoms with Gasteiger partial charge in [0.25, 0.3) is 0 Å². The van der Waals surface area contributed by atoms with Crippen LogP contribution in [0.4, 0.5) is 18.9 Å². The second-order valence-corrected chi connectivity index (χ2v) is 6.34. The number of halogens is 3. The van der Waals surface area contributed by atoms with E-state index in [-0.39, 0.29) is 25.3 Å². The van der Waals surface area contributed by atoms with Crippen LogP contribution in [0.3, 0.4) is 0 Å². The lowest BCUT2D eigenvalue weighted by Gasteiger charge is -2.19. The van der Waals surface area contributed by atoms with Crippen molar-refractivity contribution in [3.05, 3.63) is 59.7 Å². The molecule has 1 atom stereocenters. The Hall–Kier alpha value is -3.23. The van der Waals surface area contributed by atoms with Crippen LogP contribution in [0.1, 0.15) is 30.5 Å². The summed E-state index contributed by atoms with van der Waals surface area (Å²) in [5, 5.41) is 5.37. The van der Waals surface area contributed by atoms with Gasteiger partial charge in [0.05, 0.1) is 38.3 Å². The zero-order valence-electron chi connectivity index (χ0n) is 16.6. The third-order valence-corrected chi connectivity index (χ3v) is 4.15. The maximum absolute atomic E-state index is 12.8. The predicted molar refractivity (Wildman–Crippen MR) is 105 cm³/mol. The summed E-state index contributed by atoms with van der Waals surface area (Å²) in [5.74, 6) is -0.432. The minimum absolute atomic E-state index is 0.101. The first kappa shape index (κ1) is 23.1. The summed E-state index contributed by atoms with van der Waals surface area (Å²) in [6.45, 7) is 1.61. The minimum atomic E-state index is -4.48. The van der Waals surface area contributed by atoms with E-state index in [1.165, 1.54) is 19.2 Å². The molecular formula is C21H23F3N2O4. The van der Waals surface area contributed by atoms with Crippen LogP contribution in [-0.2, 0) is 20.5 Å². The first-order valence-electron chi connectivity index (χ1n) is 9.23. The highest BCUT2D eigenvalue weighted by atomic mass is 19.4. The highest BCUT2D eigenvalue weighted by Gasteiger charge is 2.30. The average molecular weight is 424 g/mol. The molecule has 1 amide bonds. The first-order chi connectivity index (χ1) is 14.2. The third kappa shape index (κ3) is 6.98. The Morgan fingerprint density at radius 1 is 1.10 bits per heavy atom. The molecule has 6 nitrogen and oxygen atoms in total. The fourth-order valence-electron chi connectivity index (χ4n) is 2.73. The van der Waals surface area contributed by atoms with Gasteiger partial charge in [-0.25, -0.2) is 0 Å². The highest BCUT2D eigenvalue weighted by molar-refractivity contribution is 5.82. The number of rotatable bonds is 9. The largest absolute Gasteiger partial charge is 0.497 e. The number of alkyl halides is 3. The Bertz CT molecular complexity index is 871. The molecule has 2 rings (SSSR count). The van der Waals surface area contributed by atoms with E-state index in [2.05, 4.69) is 10.6 Å². The molecule has 2 aromatic rings. The Morgan fingerprint density at radius 3 is 2.50 bits per heavy atom. The van der Waals surface area contributed by atoms with Gasteiger partial charge in [0, 0.05) is 5.69 Å². The van der Waals surface area contributed by atoms with Crippen LogP contribution in [0.15, 0.2) is 48.5 Å². The van der Waals surface area contributed by atoms with Crippen molar-refractivity contribution < 1.29 is 32.2 Å². The maximum Gasteiger partial charge on any atom is 0.416 e. The van der Waals surface area contributed by atoms with Gasteiger partial charge in [-0.3, -0.25) is 9.59 Å². The molecule has 30 heavy (non-hydrogen) atoms. The summed E-state index contributed by atoms with van der Waals surface area (Å²) in [4.78, 5) is 24.3. The molecule has 2 aromatic carbocycles. The lowest BCUT2D eigenvalue weighted by Crippen LogP contribution is -2.34. The molecule has 0 aliphatic rings. The SMILES string of the molecule is CCOC(=O)CC(NC(=O)CNc1cccc(C(F)(F)F)c1)c1cccc(OC)c1. The first-order valence-corrected chi connectivity index (χ1v) is 9.23. The van der Waals surface area contributed by atoms with E-state index in [0.717, 1.165) is 12.1 Å². The number of hydrogen-bond donors (Lipinski definition) is 2. The number of anilines is 1. The Balaban J connectivity index is 2.07. The monoisotopic (exact) mass is 424 g/mol. The van der Waals surface area contributed by atoms with Crippen molar-refractivity contribution in [2.75, 3.05) is 25.6 Å². The van der Waals surface area contributed by atoms with E-state index in [0.29, 0.717) is 11.3 Å². The summed E-state index contributed by atoms with van der Waals surface area (Å²) < 4.78 is 48.6. The van der Waals surface area contributed by atoms with Gasteiger partial charge in [-0.15, -0.1) is 0 Å². The highest BCUT2D eigenvalue weighted by Crippen LogP contribution is 2.30. The van der Waals surface area contributed by atoms with Crippen molar-refractivity contribution in [3.8, 4) is 5.75 Å². The molecule has 0 saturated carbocycles. The zero-order valence-corrected chi connectivity index (χ0v) is 16.6. The van der Waals surface area contributed by atoms with Gasteiger partial charge in [-0.2, -0.15) is 13.2 Å². The Morgan fingerprint density at radius 2 is 1.83 bits per heavy atom. The number of ether oxygens (including phenoxy) is 2. The number of methoxy groups -OCH3 is 1. The average Bonchev–Trinajstić information content (AvgIpc) is 2.71. The normalized spacial score (nSPS) is 12.0. The number of hydrogen-bond acceptors (Lipinski definition) is 5. The lowest BCUT2D eigenvalue weighted by atomic mass is 10.0. The topological polar surface area (TPSA) is 76.7 Å². The summed E-state index contributed by atoms with van der Waals surface area (Å²) in [5.41, 5.74) is -0.0254. The number of amides is 1. The van der Waals surface area contributed by atoms with Gasteiger partial charge in [0.2, 0.25) is 5.91 Å². The molecule has 0 heterocycles. The molecule has 0 spiro atoms. The van der Waals surface area contributed by atoms with Crippen molar-refractivity contribution in [1.82, 2.24) is 5.32 Å². The third-order valence-electron chi connectivity index (χ3n) is 4.15. The second kappa shape index (κ2) is 10.5. The predicted octanol–water partition coefficient (Wildman–Crippen LogP) is 3.94. The van der Waals surface area contributed by atoms with Crippen LogP contribution >= 0.6 is 0 Å². The van der Waals surface area contributed by atoms with Gasteiger partial charge >= 0.3 is 12.1 Å². The molecule has 9 heteroatoms. The molecule has 0 saturated heterocycles. The molecule has 0 bridgehead atoms. The number of carbonyl (C=O) groups is 2. The number of nitrogens with one attached hydrogen (secondary N) is 2. The van der Waals surface area contributed by atoms with Gasteiger partial charge in [0.15, 0.2) is 0 Å². The summed E-state index contributed by atoms with van der Waals surface area (Å²) in [6.07, 6.45) is -4.58. The molecule has 2 N–H and O–H groups in total. The molecule has 0 fully saturated rings. The number of benzene rings is 2. The lowest BCUT2D eigenvalue weighted by molar-refractivity contribution is -0.144. The van der Waals surface area contributed by atoms with Gasteiger partial charge in [-0.05, 0) is 42.8 Å². The molecule has 0 aliphatic heterocycles. The number of esters is 1. The van der Waals surface area contributed by atoms with Crippen LogP contribution < -0.4 is 15.4 Å². The molecule has 0 aliphatic carbocycles. The summed E-state index contributed by atoms with van der Waals surface area (Å²) in [7, 11) is 1.50. The molecule has 0 radical (unpaired) electrons. The van der Waals surface area contributed by atoms with E-state index >= 15 is 0 Å². The molecule has 1 unspecified atom stereocenters. The van der Waals surface area contributed by atoms with E-state index in [4.69, 9.17) is 9.47 Å². The van der Waals surface area contributed by atoms with Crippen LogP contribution in [0.25, 0.3) is 0 Å². The van der Waals surface area contributed by atoms with Crippen LogP contribution in [0.5, 0.6) is 5.75 Å². The van der Waals surface area contributed by atoms with E-state index in [1.807, 2.05) is 0 Å². The van der Waals surface area contributed by atoms with Crippen LogP contribution in [0.2, 0.25) is 0 Å². The van der Waals surface area contributed by atoms with Crippen molar-refractivity contribution in [1.29, 1.82) is 0 Å². The number of carbonyl (C=O) groups excluding carboxylic acids is 2. The van der Waals surface area contributed by atoms with Crippen molar-refractivity contribution in [2.24, 2.45) is 0 Å². The van der Waals surface area contributed by atoms with E-state index < -0.39 is 29.7 Å². The smallest absolute Gasteiger partial charge is 0.416 e. The van der Waals surface area contributed by atoms with Gasteiger partial charge < -0.3 is 20.1 Å². The maximum atomic E-state index is 12.8. The zero-order chi connectivity index (χ0) is 22.1. The molecular weight excluding hydrogens is 401 g/mol. The Kier molecular flexibility index (Phi) is 8.08. The standard InChI is InChI=1S/C21H23F3N2O4/c1-3-30-20(28)12-18(14-6-4-9-17(10-14)29-2)26-19(27)13-25-16-8-5-7-15(11-16)21(22,23)24/h4-11,18,25H,3,12-13H2,1-2H3,(H,26,27).